The van der Waals surface area contributed by atoms with Gasteiger partial charge in [0.25, 0.3) is 0 Å². The molecule has 0 N–H and O–H groups in total. The Bertz CT molecular complexity index is 299. The van der Waals surface area contributed by atoms with Gasteiger partial charge in [0.05, 0.1) is 11.6 Å². The first-order chi connectivity index (χ1) is 6.55. The van der Waals surface area contributed by atoms with Crippen LogP contribution in [0.1, 0.15) is 13.8 Å². The molecule has 0 atom stereocenters. The van der Waals surface area contributed by atoms with Gasteiger partial charge in [-0.2, -0.15) is 0 Å². The van der Waals surface area contributed by atoms with Gasteiger partial charge in [0.2, 0.25) is 0 Å². The van der Waals surface area contributed by atoms with Gasteiger partial charge in [-0.1, -0.05) is 53.5 Å². The van der Waals surface area contributed by atoms with Crippen molar-refractivity contribution < 1.29 is 4.74 Å². The second-order valence-corrected chi connectivity index (χ2v) is 4.98. The lowest BCUT2D eigenvalue weighted by molar-refractivity contribution is 0.203. The Hall–Kier alpha value is -0.210. The smallest absolute Gasteiger partial charge is 0.137 e. The predicted molar refractivity (Wildman–Crippen MR) is 64.5 cm³/mol. The largest absolute Gasteiger partial charge is 0.491 e. The Morgan fingerprint density at radius 2 is 2.00 bits per heavy atom. The van der Waals surface area contributed by atoms with Crippen LogP contribution in [-0.2, 0) is 0 Å². The van der Waals surface area contributed by atoms with Crippen LogP contribution in [0.5, 0.6) is 5.75 Å². The van der Waals surface area contributed by atoms with Crippen LogP contribution in [0.2, 0.25) is 5.02 Å². The van der Waals surface area contributed by atoms with Gasteiger partial charge in [-0.3, -0.25) is 0 Å². The van der Waals surface area contributed by atoms with E-state index in [9.17, 15) is 0 Å². The molecule has 0 heterocycles. The Balaban J connectivity index is 2.58. The number of rotatable bonds is 4. The van der Waals surface area contributed by atoms with E-state index < -0.39 is 0 Å². The summed E-state index contributed by atoms with van der Waals surface area (Å²) in [4.78, 5) is 0. The number of hydrogen-bond donors (Lipinski definition) is 0. The quantitative estimate of drug-likeness (QED) is 0.752. The van der Waals surface area contributed by atoms with E-state index in [4.69, 9.17) is 16.3 Å². The van der Waals surface area contributed by atoms with E-state index in [0.29, 0.717) is 11.6 Å². The number of ether oxygens (including phenoxy) is 1. The van der Waals surface area contributed by atoms with Crippen molar-refractivity contribution in [1.29, 1.82) is 0 Å². The van der Waals surface area contributed by atoms with Crippen molar-refractivity contribution in [2.45, 2.75) is 13.8 Å². The lowest BCUT2D eigenvalue weighted by atomic mass is 9.98. The van der Waals surface area contributed by atoms with Crippen LogP contribution in [0.25, 0.3) is 0 Å². The predicted octanol–water partition coefficient (Wildman–Crippen LogP) is 4.14. The van der Waals surface area contributed by atoms with E-state index in [-0.39, 0.29) is 5.41 Å². The van der Waals surface area contributed by atoms with Crippen molar-refractivity contribution in [2.75, 3.05) is 11.9 Å². The summed E-state index contributed by atoms with van der Waals surface area (Å²) in [5, 5.41) is 1.57. The van der Waals surface area contributed by atoms with Crippen molar-refractivity contribution in [3.05, 3.63) is 29.3 Å². The molecule has 14 heavy (non-hydrogen) atoms. The first-order valence-corrected chi connectivity index (χ1v) is 5.98. The van der Waals surface area contributed by atoms with Gasteiger partial charge in [0.1, 0.15) is 5.75 Å². The Kier molecular flexibility index (Phi) is 4.27. The van der Waals surface area contributed by atoms with E-state index in [0.717, 1.165) is 11.1 Å². The molecule has 1 nitrogen and oxygen atoms in total. The second-order valence-electron chi connectivity index (χ2n) is 4.02. The third-order valence-corrected chi connectivity index (χ3v) is 3.65. The molecule has 0 aromatic heterocycles. The Morgan fingerprint density at radius 3 is 2.57 bits per heavy atom. The van der Waals surface area contributed by atoms with E-state index in [2.05, 4.69) is 29.8 Å². The van der Waals surface area contributed by atoms with Gasteiger partial charge in [-0.05, 0) is 12.1 Å². The third-order valence-electron chi connectivity index (χ3n) is 1.82. The summed E-state index contributed by atoms with van der Waals surface area (Å²) in [7, 11) is 0. The standard InChI is InChI=1S/C11H14BrClO/c1-11(2,7-12)8-14-10-6-4-3-5-9(10)13/h3-6H,7-8H2,1-2H3. The molecular formula is C11H14BrClO. The number of alkyl halides is 1. The average Bonchev–Trinajstić information content (AvgIpc) is 2.17. The van der Waals surface area contributed by atoms with Crippen LogP contribution >= 0.6 is 27.5 Å². The summed E-state index contributed by atoms with van der Waals surface area (Å²) in [5.74, 6) is 0.753. The molecular weight excluding hydrogens is 263 g/mol. The highest BCUT2D eigenvalue weighted by atomic mass is 79.9. The van der Waals surface area contributed by atoms with Crippen LogP contribution in [-0.4, -0.2) is 11.9 Å². The monoisotopic (exact) mass is 276 g/mol. The Morgan fingerprint density at radius 1 is 1.36 bits per heavy atom. The van der Waals surface area contributed by atoms with Crippen LogP contribution in [0.4, 0.5) is 0 Å². The number of hydrogen-bond acceptors (Lipinski definition) is 1. The molecule has 0 bridgehead atoms. The fourth-order valence-corrected chi connectivity index (χ4v) is 1.23. The van der Waals surface area contributed by atoms with Crippen molar-refractivity contribution in [3.63, 3.8) is 0 Å². The molecule has 1 rings (SSSR count). The van der Waals surface area contributed by atoms with Crippen molar-refractivity contribution in [2.24, 2.45) is 5.41 Å². The fraction of sp³-hybridized carbons (Fsp3) is 0.455. The minimum absolute atomic E-state index is 0.124. The number of halogens is 2. The minimum atomic E-state index is 0.124. The molecule has 0 saturated heterocycles. The second kappa shape index (κ2) is 5.04. The van der Waals surface area contributed by atoms with E-state index >= 15 is 0 Å². The van der Waals surface area contributed by atoms with Gasteiger partial charge in [-0.25, -0.2) is 0 Å². The maximum atomic E-state index is 5.96. The highest BCUT2D eigenvalue weighted by Crippen LogP contribution is 2.26. The SMILES string of the molecule is CC(C)(CBr)COc1ccccc1Cl. The summed E-state index contributed by atoms with van der Waals surface area (Å²) in [6.07, 6.45) is 0. The normalized spacial score (nSPS) is 11.4. The lowest BCUT2D eigenvalue weighted by Crippen LogP contribution is -2.22. The summed E-state index contributed by atoms with van der Waals surface area (Å²) in [5.41, 5.74) is 0.124. The molecule has 1 aromatic carbocycles. The molecule has 0 radical (unpaired) electrons. The van der Waals surface area contributed by atoms with Crippen molar-refractivity contribution >= 4 is 27.5 Å². The van der Waals surface area contributed by atoms with Gasteiger partial charge in [-0.15, -0.1) is 0 Å². The van der Waals surface area contributed by atoms with Gasteiger partial charge >= 0.3 is 0 Å². The summed E-state index contributed by atoms with van der Waals surface area (Å²) in [6.45, 7) is 4.93. The number of para-hydroxylation sites is 1. The molecule has 3 heteroatoms. The molecule has 0 aliphatic rings. The van der Waals surface area contributed by atoms with E-state index in [1.165, 1.54) is 0 Å². The molecule has 0 unspecified atom stereocenters. The zero-order chi connectivity index (χ0) is 10.6. The van der Waals surface area contributed by atoms with Crippen LogP contribution in [0, 0.1) is 5.41 Å². The molecule has 0 amide bonds. The Labute approximate surface area is 98.5 Å². The van der Waals surface area contributed by atoms with Crippen LogP contribution in [0.15, 0.2) is 24.3 Å². The molecule has 0 saturated carbocycles. The molecule has 0 fully saturated rings. The molecule has 0 spiro atoms. The zero-order valence-electron chi connectivity index (χ0n) is 8.39. The lowest BCUT2D eigenvalue weighted by Gasteiger charge is -2.22. The maximum absolute atomic E-state index is 5.96. The first-order valence-electron chi connectivity index (χ1n) is 4.48. The van der Waals surface area contributed by atoms with E-state index in [1.54, 1.807) is 0 Å². The average molecular weight is 278 g/mol. The third kappa shape index (κ3) is 3.50. The van der Waals surface area contributed by atoms with Gasteiger partial charge < -0.3 is 4.74 Å². The van der Waals surface area contributed by atoms with Crippen LogP contribution in [0.3, 0.4) is 0 Å². The maximum Gasteiger partial charge on any atom is 0.137 e. The molecule has 1 aromatic rings. The summed E-state index contributed by atoms with van der Waals surface area (Å²) in [6, 6.07) is 7.53. The highest BCUT2D eigenvalue weighted by Gasteiger charge is 2.17. The number of benzene rings is 1. The van der Waals surface area contributed by atoms with Crippen molar-refractivity contribution in [1.82, 2.24) is 0 Å². The molecule has 78 valence electrons. The zero-order valence-corrected chi connectivity index (χ0v) is 10.7. The van der Waals surface area contributed by atoms with Crippen molar-refractivity contribution in [3.8, 4) is 5.75 Å². The fourth-order valence-electron chi connectivity index (χ4n) is 0.873. The van der Waals surface area contributed by atoms with Crippen LogP contribution < -0.4 is 4.74 Å². The summed E-state index contributed by atoms with van der Waals surface area (Å²) < 4.78 is 5.63. The minimum Gasteiger partial charge on any atom is -0.491 e. The highest BCUT2D eigenvalue weighted by molar-refractivity contribution is 9.09. The van der Waals surface area contributed by atoms with Gasteiger partial charge in [0.15, 0.2) is 0 Å². The van der Waals surface area contributed by atoms with Gasteiger partial charge in [0, 0.05) is 10.7 Å². The molecule has 0 aliphatic heterocycles. The van der Waals surface area contributed by atoms with E-state index in [1.807, 2.05) is 24.3 Å². The topological polar surface area (TPSA) is 9.23 Å². The molecule has 0 aliphatic carbocycles. The summed E-state index contributed by atoms with van der Waals surface area (Å²) >= 11 is 9.41. The first kappa shape index (κ1) is 11.9.